The summed E-state index contributed by atoms with van der Waals surface area (Å²) < 4.78 is 237. The summed E-state index contributed by atoms with van der Waals surface area (Å²) in [6, 6.07) is 4.82. The summed E-state index contributed by atoms with van der Waals surface area (Å²) in [7, 11) is -33.3. The standard InChI is InChI=1S/C29H31N5O24S7/c1-30-17-5-4-15-16(27(17)33-32-19-12-24(60(38,39)9-7-58-65(52,53)54)25(62(43,44)45)14-22(19)61(40,41)42)10-26(63(46,47)48)28(29(15)35)34-31-18-11-21(56-3)23(13-20(18)55-2)59(36,37)8-6-57-64(49,50)51/h4-5,10-14,30,35H,6-9H2,1-3H3,(H,40,41,42)(H,43,44,45)(H,46,47,48)(H,49,50,51)(H,52,53,54)/b33-32+,34-31+. The molecule has 0 aliphatic rings. The van der Waals surface area contributed by atoms with Gasteiger partial charge >= 0.3 is 20.8 Å². The highest BCUT2D eigenvalue weighted by Gasteiger charge is 2.32. The Hall–Kier alpha value is -5.09. The number of sulfone groups is 2. The lowest BCUT2D eigenvalue weighted by molar-refractivity contribution is 0.282. The van der Waals surface area contributed by atoms with Crippen LogP contribution in [0.4, 0.5) is 28.4 Å². The van der Waals surface area contributed by atoms with Crippen LogP contribution < -0.4 is 14.8 Å². The lowest BCUT2D eigenvalue weighted by atomic mass is 10.1. The maximum Gasteiger partial charge on any atom is 0.397 e. The first-order valence-electron chi connectivity index (χ1n) is 16.5. The van der Waals surface area contributed by atoms with E-state index in [2.05, 4.69) is 34.1 Å². The molecule has 0 heterocycles. The fraction of sp³-hybridized carbons (Fsp3) is 0.241. The van der Waals surface area contributed by atoms with Crippen LogP contribution in [0.1, 0.15) is 0 Å². The molecule has 4 rings (SSSR count). The zero-order valence-electron chi connectivity index (χ0n) is 32.5. The molecule has 0 atom stereocenters. The van der Waals surface area contributed by atoms with Crippen molar-refractivity contribution >= 4 is 110 Å². The summed E-state index contributed by atoms with van der Waals surface area (Å²) in [6.07, 6.45) is 0. The van der Waals surface area contributed by atoms with Gasteiger partial charge in [-0.05, 0) is 30.3 Å². The summed E-state index contributed by atoms with van der Waals surface area (Å²) in [5.41, 5.74) is -3.26. The van der Waals surface area contributed by atoms with Crippen LogP contribution in [-0.4, -0.2) is 133 Å². The Kier molecular flexibility index (Phi) is 15.4. The molecule has 0 aliphatic carbocycles. The number of ether oxygens (including phenoxy) is 2. The highest BCUT2D eigenvalue weighted by molar-refractivity contribution is 7.93. The number of phenolic OH excluding ortho intramolecular Hbond substituents is 1. The van der Waals surface area contributed by atoms with E-state index in [1.54, 1.807) is 0 Å². The largest absolute Gasteiger partial charge is 0.505 e. The first-order valence-corrected chi connectivity index (χ1v) is 26.9. The number of fused-ring (bicyclic) bond motifs is 1. The van der Waals surface area contributed by atoms with Crippen LogP contribution in [0.15, 0.2) is 87.4 Å². The van der Waals surface area contributed by atoms with Gasteiger partial charge in [-0.15, -0.1) is 20.5 Å². The van der Waals surface area contributed by atoms with Crippen molar-refractivity contribution < 1.29 is 105 Å². The topological polar surface area (TPSA) is 459 Å². The fourth-order valence-electron chi connectivity index (χ4n) is 5.37. The highest BCUT2D eigenvalue weighted by Crippen LogP contribution is 2.48. The fourth-order valence-corrected chi connectivity index (χ4v) is 11.2. The zero-order chi connectivity index (χ0) is 49.3. The third kappa shape index (κ3) is 12.8. The SMILES string of the molecule is CNc1ccc2c(O)c(/N=N/c3cc(OC)c(S(=O)(=O)CCOS(=O)(=O)O)cc3OC)c(S(=O)(=O)O)cc2c1/N=N/c1cc(S(=O)(=O)CCOS(=O)(=O)O)c(S(=O)(=O)O)cc1S(=O)(=O)O. The van der Waals surface area contributed by atoms with Crippen molar-refractivity contribution in [2.45, 2.75) is 24.5 Å². The molecule has 4 aromatic carbocycles. The van der Waals surface area contributed by atoms with Gasteiger partial charge in [0.25, 0.3) is 30.4 Å². The van der Waals surface area contributed by atoms with E-state index in [1.807, 2.05) is 0 Å². The molecule has 7 N–H and O–H groups in total. The van der Waals surface area contributed by atoms with E-state index >= 15 is 0 Å². The smallest absolute Gasteiger partial charge is 0.397 e. The minimum Gasteiger partial charge on any atom is -0.505 e. The number of hydrogen-bond donors (Lipinski definition) is 7. The second-order valence-electron chi connectivity index (χ2n) is 12.3. The minimum atomic E-state index is -5.69. The van der Waals surface area contributed by atoms with Crippen molar-refractivity contribution in [2.75, 3.05) is 51.3 Å². The number of nitrogens with zero attached hydrogens (tertiary/aromatic N) is 4. The van der Waals surface area contributed by atoms with Gasteiger partial charge in [0.15, 0.2) is 25.4 Å². The molecule has 0 saturated carbocycles. The number of rotatable bonds is 20. The van der Waals surface area contributed by atoms with Crippen LogP contribution in [0.5, 0.6) is 17.2 Å². The Balaban J connectivity index is 1.97. The van der Waals surface area contributed by atoms with Gasteiger partial charge in [0.05, 0.1) is 49.5 Å². The van der Waals surface area contributed by atoms with Crippen molar-refractivity contribution in [1.29, 1.82) is 0 Å². The van der Waals surface area contributed by atoms with Gasteiger partial charge in [0, 0.05) is 30.0 Å². The Morgan fingerprint density at radius 1 is 0.508 bits per heavy atom. The summed E-state index contributed by atoms with van der Waals surface area (Å²) in [5, 5.41) is 28.2. The Bertz CT molecular complexity index is 3450. The number of phenols is 1. The van der Waals surface area contributed by atoms with Crippen molar-refractivity contribution in [3.8, 4) is 17.2 Å². The monoisotopic (exact) mass is 1060 g/mol. The van der Waals surface area contributed by atoms with E-state index in [4.69, 9.17) is 18.6 Å². The van der Waals surface area contributed by atoms with Crippen LogP contribution >= 0.6 is 0 Å². The molecule has 0 fully saturated rings. The average molecular weight is 1060 g/mol. The molecular formula is C29H31N5O24S7. The molecule has 0 spiro atoms. The molecule has 358 valence electrons. The van der Waals surface area contributed by atoms with Crippen LogP contribution in [0.2, 0.25) is 0 Å². The van der Waals surface area contributed by atoms with Gasteiger partial charge in [-0.3, -0.25) is 22.8 Å². The molecule has 0 aromatic heterocycles. The van der Waals surface area contributed by atoms with Crippen LogP contribution in [0.25, 0.3) is 10.8 Å². The van der Waals surface area contributed by atoms with Crippen LogP contribution in [0.3, 0.4) is 0 Å². The van der Waals surface area contributed by atoms with E-state index in [0.29, 0.717) is 6.07 Å². The second-order valence-corrected chi connectivity index (χ2v) is 22.8. The minimum absolute atomic E-state index is 0.0447. The highest BCUT2D eigenvalue weighted by atomic mass is 32.3. The number of methoxy groups -OCH3 is 2. The summed E-state index contributed by atoms with van der Waals surface area (Å²) in [5.74, 6) is -4.36. The number of anilines is 1. The zero-order valence-corrected chi connectivity index (χ0v) is 38.3. The molecule has 0 amide bonds. The normalized spacial score (nSPS) is 13.5. The number of azo groups is 2. The number of hydrogen-bond acceptors (Lipinski definition) is 24. The Morgan fingerprint density at radius 2 is 1.00 bits per heavy atom. The van der Waals surface area contributed by atoms with E-state index in [9.17, 15) is 77.7 Å². The molecule has 4 aromatic rings. The molecule has 0 radical (unpaired) electrons. The van der Waals surface area contributed by atoms with E-state index < -0.39 is 165 Å². The lowest BCUT2D eigenvalue weighted by Gasteiger charge is -2.14. The van der Waals surface area contributed by atoms with Crippen molar-refractivity contribution in [3.63, 3.8) is 0 Å². The maximum absolute atomic E-state index is 13.2. The first-order chi connectivity index (χ1) is 29.6. The Morgan fingerprint density at radius 3 is 1.48 bits per heavy atom. The number of benzene rings is 4. The molecule has 29 nitrogen and oxygen atoms in total. The molecule has 0 aliphatic heterocycles. The van der Waals surface area contributed by atoms with Gasteiger partial charge in [-0.25, -0.2) is 25.2 Å². The predicted molar refractivity (Wildman–Crippen MR) is 218 cm³/mol. The summed E-state index contributed by atoms with van der Waals surface area (Å²) in [6.45, 7) is -2.36. The van der Waals surface area contributed by atoms with Gasteiger partial charge in [-0.1, -0.05) is 0 Å². The van der Waals surface area contributed by atoms with Gasteiger partial charge < -0.3 is 19.9 Å². The summed E-state index contributed by atoms with van der Waals surface area (Å²) >= 11 is 0. The average Bonchev–Trinajstić information content (AvgIpc) is 3.16. The molecule has 0 saturated heterocycles. The lowest BCUT2D eigenvalue weighted by Crippen LogP contribution is -2.18. The van der Waals surface area contributed by atoms with E-state index in [1.165, 1.54) is 7.05 Å². The quantitative estimate of drug-likeness (QED) is 0.0493. The van der Waals surface area contributed by atoms with Crippen molar-refractivity contribution in [1.82, 2.24) is 0 Å². The van der Waals surface area contributed by atoms with E-state index in [0.717, 1.165) is 38.5 Å². The summed E-state index contributed by atoms with van der Waals surface area (Å²) in [4.78, 5) is -6.44. The van der Waals surface area contributed by atoms with Gasteiger partial charge in [-0.2, -0.15) is 42.1 Å². The predicted octanol–water partition coefficient (Wildman–Crippen LogP) is 2.36. The molecule has 0 unspecified atom stereocenters. The number of aromatic hydroxyl groups is 1. The van der Waals surface area contributed by atoms with Crippen LogP contribution in [0, 0.1) is 0 Å². The molecule has 0 bridgehead atoms. The molecule has 65 heavy (non-hydrogen) atoms. The molecule has 36 heteroatoms. The van der Waals surface area contributed by atoms with Gasteiger partial charge in [0.1, 0.15) is 53.8 Å². The van der Waals surface area contributed by atoms with Crippen molar-refractivity contribution in [2.24, 2.45) is 20.5 Å². The maximum atomic E-state index is 13.2. The first kappa shape index (κ1) is 52.5. The number of nitrogens with one attached hydrogen (secondary N) is 1. The van der Waals surface area contributed by atoms with Crippen molar-refractivity contribution in [3.05, 3.63) is 42.5 Å². The van der Waals surface area contributed by atoms with Gasteiger partial charge in [0.2, 0.25) is 0 Å². The third-order valence-electron chi connectivity index (χ3n) is 8.15. The van der Waals surface area contributed by atoms with Crippen LogP contribution in [-0.2, 0) is 79.2 Å². The third-order valence-corrected chi connectivity index (χ3v) is 15.3. The second kappa shape index (κ2) is 19.0. The van der Waals surface area contributed by atoms with E-state index in [-0.39, 0.29) is 23.2 Å². The Labute approximate surface area is 368 Å². The molecular weight excluding hydrogens is 1030 g/mol.